The lowest BCUT2D eigenvalue weighted by molar-refractivity contribution is -0.146. The number of hydrogen-bond acceptors (Lipinski definition) is 5. The van der Waals surface area contributed by atoms with Gasteiger partial charge in [0.1, 0.15) is 12.4 Å². The molecule has 0 saturated carbocycles. The van der Waals surface area contributed by atoms with Crippen LogP contribution in [0.5, 0.6) is 5.75 Å². The van der Waals surface area contributed by atoms with Gasteiger partial charge in [-0.1, -0.05) is 50.8 Å². The zero-order valence-corrected chi connectivity index (χ0v) is 15.4. The summed E-state index contributed by atoms with van der Waals surface area (Å²) in [5.41, 5.74) is 0.820. The summed E-state index contributed by atoms with van der Waals surface area (Å²) in [7, 11) is 1.58. The third kappa shape index (κ3) is 9.75. The average Bonchev–Trinajstić information content (AvgIpc) is 2.63. The van der Waals surface area contributed by atoms with Crippen molar-refractivity contribution in [3.8, 4) is 5.75 Å². The molecule has 0 heterocycles. The van der Waals surface area contributed by atoms with Crippen LogP contribution >= 0.6 is 0 Å². The molecular weight excluding hydrogens is 320 g/mol. The summed E-state index contributed by atoms with van der Waals surface area (Å²) in [6, 6.07) is 7.40. The van der Waals surface area contributed by atoms with Crippen molar-refractivity contribution in [3.05, 3.63) is 29.8 Å². The first-order valence-corrected chi connectivity index (χ1v) is 9.10. The fourth-order valence-corrected chi connectivity index (χ4v) is 2.39. The number of hydrogen-bond donors (Lipinski definition) is 0. The summed E-state index contributed by atoms with van der Waals surface area (Å²) in [4.78, 5) is 23.3. The van der Waals surface area contributed by atoms with Crippen LogP contribution in [0.3, 0.4) is 0 Å². The van der Waals surface area contributed by atoms with E-state index in [1.165, 1.54) is 19.3 Å². The monoisotopic (exact) mass is 350 g/mol. The Kier molecular flexibility index (Phi) is 11.2. The lowest BCUT2D eigenvalue weighted by Gasteiger charge is -2.09. The highest BCUT2D eigenvalue weighted by molar-refractivity contribution is 5.72. The number of carbonyl (C=O) groups is 2. The number of carbonyl (C=O) groups excluding carboxylic acids is 2. The van der Waals surface area contributed by atoms with E-state index in [1.807, 2.05) is 24.3 Å². The molecular formula is C20H30O5. The van der Waals surface area contributed by atoms with Gasteiger partial charge in [-0.15, -0.1) is 0 Å². The van der Waals surface area contributed by atoms with Crippen molar-refractivity contribution < 1.29 is 23.8 Å². The van der Waals surface area contributed by atoms with E-state index in [1.54, 1.807) is 7.11 Å². The first-order valence-electron chi connectivity index (χ1n) is 9.10. The van der Waals surface area contributed by atoms with Crippen LogP contribution in [0.1, 0.15) is 63.9 Å². The average molecular weight is 350 g/mol. The molecule has 0 aromatic heterocycles. The van der Waals surface area contributed by atoms with Crippen molar-refractivity contribution >= 4 is 11.9 Å². The highest BCUT2D eigenvalue weighted by atomic mass is 16.5. The quantitative estimate of drug-likeness (QED) is 0.389. The van der Waals surface area contributed by atoms with Crippen molar-refractivity contribution in [1.29, 1.82) is 0 Å². The maximum atomic E-state index is 11.7. The van der Waals surface area contributed by atoms with Crippen LogP contribution in [0.2, 0.25) is 0 Å². The maximum absolute atomic E-state index is 11.7. The zero-order chi connectivity index (χ0) is 18.3. The molecule has 1 rings (SSSR count). The van der Waals surface area contributed by atoms with Gasteiger partial charge in [0.15, 0.2) is 0 Å². The lowest BCUT2D eigenvalue weighted by Crippen LogP contribution is -2.09. The van der Waals surface area contributed by atoms with Crippen molar-refractivity contribution in [2.45, 2.75) is 64.9 Å². The molecule has 0 aliphatic rings. The molecule has 25 heavy (non-hydrogen) atoms. The molecule has 0 radical (unpaired) electrons. The molecule has 0 aliphatic heterocycles. The Morgan fingerprint density at radius 2 is 1.56 bits per heavy atom. The molecule has 0 atom stereocenters. The summed E-state index contributed by atoms with van der Waals surface area (Å²) in [6.07, 6.45) is 6.52. The summed E-state index contributed by atoms with van der Waals surface area (Å²) < 4.78 is 15.6. The van der Waals surface area contributed by atoms with Crippen molar-refractivity contribution in [3.63, 3.8) is 0 Å². The van der Waals surface area contributed by atoms with E-state index in [9.17, 15) is 9.59 Å². The second-order valence-electron chi connectivity index (χ2n) is 5.96. The van der Waals surface area contributed by atoms with E-state index < -0.39 is 0 Å². The second-order valence-corrected chi connectivity index (χ2v) is 5.96. The van der Waals surface area contributed by atoms with Gasteiger partial charge in [-0.2, -0.15) is 0 Å². The van der Waals surface area contributed by atoms with Gasteiger partial charge in [0.25, 0.3) is 0 Å². The summed E-state index contributed by atoms with van der Waals surface area (Å²) >= 11 is 0. The van der Waals surface area contributed by atoms with E-state index in [0.29, 0.717) is 18.8 Å². The van der Waals surface area contributed by atoms with Crippen LogP contribution in [0.15, 0.2) is 24.3 Å². The van der Waals surface area contributed by atoms with Gasteiger partial charge in [-0.05, 0) is 18.9 Å². The van der Waals surface area contributed by atoms with E-state index in [2.05, 4.69) is 6.92 Å². The lowest BCUT2D eigenvalue weighted by atomic mass is 10.2. The minimum absolute atomic E-state index is 0.172. The molecule has 5 heteroatoms. The molecule has 0 N–H and O–H groups in total. The second kappa shape index (κ2) is 13.3. The number of methoxy groups -OCH3 is 1. The van der Waals surface area contributed by atoms with Crippen LogP contribution in [-0.2, 0) is 25.7 Å². The topological polar surface area (TPSA) is 61.8 Å². The van der Waals surface area contributed by atoms with Gasteiger partial charge in [0.2, 0.25) is 0 Å². The minimum Gasteiger partial charge on any atom is -0.496 e. The molecule has 0 bridgehead atoms. The van der Waals surface area contributed by atoms with E-state index in [-0.39, 0.29) is 31.4 Å². The highest BCUT2D eigenvalue weighted by Gasteiger charge is 2.09. The van der Waals surface area contributed by atoms with Crippen molar-refractivity contribution in [2.75, 3.05) is 13.7 Å². The minimum atomic E-state index is -0.321. The molecule has 1 aromatic rings. The fraction of sp³-hybridized carbons (Fsp3) is 0.600. The number of ether oxygens (including phenoxy) is 3. The van der Waals surface area contributed by atoms with E-state index in [0.717, 1.165) is 18.4 Å². The molecule has 140 valence electrons. The van der Waals surface area contributed by atoms with Gasteiger partial charge >= 0.3 is 11.9 Å². The normalized spacial score (nSPS) is 10.3. The standard InChI is InChI=1S/C20H30O5/c1-3-4-5-6-9-15-24-19(21)13-10-14-20(22)25-16-17-11-7-8-12-18(17)23-2/h7-8,11-12H,3-6,9-10,13-16H2,1-2H3. The van der Waals surface area contributed by atoms with Gasteiger partial charge in [0, 0.05) is 18.4 Å². The molecule has 0 saturated heterocycles. The largest absolute Gasteiger partial charge is 0.496 e. The Labute approximate surface area is 150 Å². The van der Waals surface area contributed by atoms with Gasteiger partial charge < -0.3 is 14.2 Å². The Morgan fingerprint density at radius 3 is 2.28 bits per heavy atom. The van der Waals surface area contributed by atoms with Crippen LogP contribution in [-0.4, -0.2) is 25.7 Å². The summed E-state index contributed by atoms with van der Waals surface area (Å²) in [5.74, 6) is 0.129. The molecule has 5 nitrogen and oxygen atoms in total. The molecule has 0 aliphatic carbocycles. The SMILES string of the molecule is CCCCCCCOC(=O)CCCC(=O)OCc1ccccc1OC. The molecule has 0 amide bonds. The number of benzene rings is 1. The molecule has 0 unspecified atom stereocenters. The predicted octanol–water partition coefficient (Wildman–Crippen LogP) is 4.42. The third-order valence-corrected chi connectivity index (χ3v) is 3.85. The molecule has 0 fully saturated rings. The fourth-order valence-electron chi connectivity index (χ4n) is 2.39. The smallest absolute Gasteiger partial charge is 0.306 e. The molecule has 1 aromatic carbocycles. The maximum Gasteiger partial charge on any atom is 0.306 e. The van der Waals surface area contributed by atoms with Crippen LogP contribution in [0.25, 0.3) is 0 Å². The summed E-state index contributed by atoms with van der Waals surface area (Å²) in [5, 5.41) is 0. The number of para-hydroxylation sites is 1. The van der Waals surface area contributed by atoms with Gasteiger partial charge in [0.05, 0.1) is 13.7 Å². The van der Waals surface area contributed by atoms with E-state index in [4.69, 9.17) is 14.2 Å². The summed E-state index contributed by atoms with van der Waals surface area (Å²) in [6.45, 7) is 2.81. The van der Waals surface area contributed by atoms with Crippen molar-refractivity contribution in [2.24, 2.45) is 0 Å². The third-order valence-electron chi connectivity index (χ3n) is 3.85. The van der Waals surface area contributed by atoms with E-state index >= 15 is 0 Å². The Bertz CT molecular complexity index is 513. The predicted molar refractivity (Wildman–Crippen MR) is 96.4 cm³/mol. The first kappa shape index (κ1) is 21.0. The van der Waals surface area contributed by atoms with Gasteiger partial charge in [-0.3, -0.25) is 9.59 Å². The molecule has 0 spiro atoms. The number of esters is 2. The van der Waals surface area contributed by atoms with Crippen LogP contribution < -0.4 is 4.74 Å². The van der Waals surface area contributed by atoms with Crippen molar-refractivity contribution in [1.82, 2.24) is 0 Å². The number of unbranched alkanes of at least 4 members (excludes halogenated alkanes) is 4. The van der Waals surface area contributed by atoms with Crippen LogP contribution in [0, 0.1) is 0 Å². The Hall–Kier alpha value is -2.04. The highest BCUT2D eigenvalue weighted by Crippen LogP contribution is 2.18. The number of rotatable bonds is 13. The Morgan fingerprint density at radius 1 is 0.880 bits per heavy atom. The zero-order valence-electron chi connectivity index (χ0n) is 15.4. The first-order chi connectivity index (χ1) is 12.2. The van der Waals surface area contributed by atoms with Gasteiger partial charge in [-0.25, -0.2) is 0 Å². The van der Waals surface area contributed by atoms with Crippen LogP contribution in [0.4, 0.5) is 0 Å². The Balaban J connectivity index is 2.09.